The summed E-state index contributed by atoms with van der Waals surface area (Å²) in [4.78, 5) is 13.8. The Labute approximate surface area is 119 Å². The number of carbonyl (C=O) groups is 1. The van der Waals surface area contributed by atoms with Crippen molar-refractivity contribution in [3.8, 4) is 0 Å². The summed E-state index contributed by atoms with van der Waals surface area (Å²) in [5.74, 6) is 0. The van der Waals surface area contributed by atoms with E-state index in [1.54, 1.807) is 17.0 Å². The van der Waals surface area contributed by atoms with Crippen LogP contribution in [0.15, 0.2) is 29.2 Å². The molecule has 0 unspecified atom stereocenters. The maximum absolute atomic E-state index is 12.0. The van der Waals surface area contributed by atoms with E-state index >= 15 is 0 Å². The molecular formula is C13H19N3O3S. The number of likely N-dealkylation sites (tertiary alicyclic amines) is 1. The van der Waals surface area contributed by atoms with Crippen molar-refractivity contribution in [3.05, 3.63) is 29.8 Å². The first kappa shape index (κ1) is 14.8. The van der Waals surface area contributed by atoms with E-state index in [0.29, 0.717) is 0 Å². The maximum Gasteiger partial charge on any atom is 0.317 e. The number of rotatable bonds is 3. The summed E-state index contributed by atoms with van der Waals surface area (Å²) in [6.07, 6.45) is 2.09. The Kier molecular flexibility index (Phi) is 4.29. The Morgan fingerprint density at radius 1 is 1.25 bits per heavy atom. The van der Waals surface area contributed by atoms with Gasteiger partial charge in [-0.1, -0.05) is 12.1 Å². The largest absolute Gasteiger partial charge is 0.331 e. The van der Waals surface area contributed by atoms with Crippen LogP contribution in [0.1, 0.15) is 31.4 Å². The third kappa shape index (κ3) is 3.49. The molecule has 7 heteroatoms. The van der Waals surface area contributed by atoms with E-state index in [1.165, 1.54) is 12.1 Å². The number of nitrogens with zero attached hydrogens (tertiary/aromatic N) is 1. The fourth-order valence-electron chi connectivity index (χ4n) is 2.23. The van der Waals surface area contributed by atoms with Crippen molar-refractivity contribution >= 4 is 16.1 Å². The second kappa shape index (κ2) is 5.80. The van der Waals surface area contributed by atoms with Gasteiger partial charge in [-0.05, 0) is 37.5 Å². The Hall–Kier alpha value is -1.60. The highest BCUT2D eigenvalue weighted by atomic mass is 32.2. The quantitative estimate of drug-likeness (QED) is 0.878. The van der Waals surface area contributed by atoms with Crippen LogP contribution in [0, 0.1) is 0 Å². The molecule has 110 valence electrons. The molecule has 1 saturated heterocycles. The normalized spacial score (nSPS) is 17.0. The van der Waals surface area contributed by atoms with Gasteiger partial charge in [-0.25, -0.2) is 18.4 Å². The zero-order chi connectivity index (χ0) is 14.8. The van der Waals surface area contributed by atoms with Crippen molar-refractivity contribution in [1.29, 1.82) is 0 Å². The molecule has 1 aromatic rings. The van der Waals surface area contributed by atoms with Crippen molar-refractivity contribution in [2.24, 2.45) is 5.14 Å². The van der Waals surface area contributed by atoms with E-state index in [-0.39, 0.29) is 17.0 Å². The molecule has 1 fully saturated rings. The fraction of sp³-hybridized carbons (Fsp3) is 0.462. The van der Waals surface area contributed by atoms with Gasteiger partial charge in [0.15, 0.2) is 0 Å². The lowest BCUT2D eigenvalue weighted by atomic mass is 10.1. The summed E-state index contributed by atoms with van der Waals surface area (Å²) in [6, 6.07) is 5.96. The van der Waals surface area contributed by atoms with Crippen molar-refractivity contribution in [1.82, 2.24) is 10.2 Å². The first-order chi connectivity index (χ1) is 9.38. The number of hydrogen-bond acceptors (Lipinski definition) is 3. The number of sulfonamides is 1. The van der Waals surface area contributed by atoms with Crippen LogP contribution in [-0.2, 0) is 10.0 Å². The Balaban J connectivity index is 2.02. The minimum atomic E-state index is -3.68. The average molecular weight is 297 g/mol. The van der Waals surface area contributed by atoms with Gasteiger partial charge in [0.1, 0.15) is 0 Å². The molecule has 0 aromatic heterocycles. The molecule has 6 nitrogen and oxygen atoms in total. The highest BCUT2D eigenvalue weighted by Crippen LogP contribution is 2.16. The van der Waals surface area contributed by atoms with Gasteiger partial charge in [-0.2, -0.15) is 0 Å². The molecule has 2 amide bonds. The Morgan fingerprint density at radius 3 is 2.30 bits per heavy atom. The first-order valence-electron chi connectivity index (χ1n) is 6.56. The van der Waals surface area contributed by atoms with Crippen LogP contribution in [0.25, 0.3) is 0 Å². The molecular weight excluding hydrogens is 278 g/mol. The molecule has 20 heavy (non-hydrogen) atoms. The predicted molar refractivity (Wildman–Crippen MR) is 75.6 cm³/mol. The molecule has 0 aliphatic carbocycles. The highest BCUT2D eigenvalue weighted by molar-refractivity contribution is 7.89. The SMILES string of the molecule is C[C@@H](NC(=O)N1CCCC1)c1ccc(S(N)(=O)=O)cc1. The number of hydrogen-bond donors (Lipinski definition) is 2. The molecule has 1 heterocycles. The molecule has 0 saturated carbocycles. The van der Waals surface area contributed by atoms with E-state index in [9.17, 15) is 13.2 Å². The zero-order valence-corrected chi connectivity index (χ0v) is 12.2. The maximum atomic E-state index is 12.0. The highest BCUT2D eigenvalue weighted by Gasteiger charge is 2.19. The lowest BCUT2D eigenvalue weighted by Gasteiger charge is -2.20. The summed E-state index contributed by atoms with van der Waals surface area (Å²) in [5, 5.41) is 7.94. The predicted octanol–water partition coefficient (Wildman–Crippen LogP) is 1.20. The average Bonchev–Trinajstić information content (AvgIpc) is 2.91. The van der Waals surface area contributed by atoms with E-state index in [2.05, 4.69) is 5.32 Å². The number of nitrogens with one attached hydrogen (secondary N) is 1. The van der Waals surface area contributed by atoms with Crippen LogP contribution < -0.4 is 10.5 Å². The number of benzene rings is 1. The first-order valence-corrected chi connectivity index (χ1v) is 8.11. The van der Waals surface area contributed by atoms with Crippen LogP contribution in [0.2, 0.25) is 0 Å². The zero-order valence-electron chi connectivity index (χ0n) is 11.4. The van der Waals surface area contributed by atoms with E-state index in [4.69, 9.17) is 5.14 Å². The van der Waals surface area contributed by atoms with Gasteiger partial charge < -0.3 is 10.2 Å². The van der Waals surface area contributed by atoms with Crippen LogP contribution in [-0.4, -0.2) is 32.4 Å². The molecule has 1 aromatic carbocycles. The smallest absolute Gasteiger partial charge is 0.317 e. The summed E-state index contributed by atoms with van der Waals surface area (Å²) in [6.45, 7) is 3.45. The molecule has 2 rings (SSSR count). The van der Waals surface area contributed by atoms with Crippen LogP contribution in [0.5, 0.6) is 0 Å². The van der Waals surface area contributed by atoms with Gasteiger partial charge in [0.05, 0.1) is 10.9 Å². The molecule has 0 spiro atoms. The number of primary sulfonamides is 1. The van der Waals surface area contributed by atoms with Gasteiger partial charge in [-0.3, -0.25) is 0 Å². The lowest BCUT2D eigenvalue weighted by molar-refractivity contribution is 0.205. The molecule has 1 aliphatic heterocycles. The number of amides is 2. The minimum Gasteiger partial charge on any atom is -0.331 e. The molecule has 0 radical (unpaired) electrons. The monoisotopic (exact) mass is 297 g/mol. The van der Waals surface area contributed by atoms with Crippen molar-refractivity contribution in [3.63, 3.8) is 0 Å². The second-order valence-corrected chi connectivity index (χ2v) is 6.54. The molecule has 3 N–H and O–H groups in total. The number of carbonyl (C=O) groups excluding carboxylic acids is 1. The lowest BCUT2D eigenvalue weighted by Crippen LogP contribution is -2.39. The van der Waals surface area contributed by atoms with Crippen molar-refractivity contribution < 1.29 is 13.2 Å². The molecule has 0 bridgehead atoms. The minimum absolute atomic E-state index is 0.0688. The van der Waals surface area contributed by atoms with E-state index in [0.717, 1.165) is 31.5 Å². The van der Waals surface area contributed by atoms with E-state index in [1.807, 2.05) is 6.92 Å². The van der Waals surface area contributed by atoms with Crippen molar-refractivity contribution in [2.45, 2.75) is 30.7 Å². The van der Waals surface area contributed by atoms with Gasteiger partial charge in [0.25, 0.3) is 0 Å². The van der Waals surface area contributed by atoms with Gasteiger partial charge in [0.2, 0.25) is 10.0 Å². The Bertz CT molecular complexity index is 577. The molecule has 1 atom stereocenters. The van der Waals surface area contributed by atoms with Gasteiger partial charge in [-0.15, -0.1) is 0 Å². The van der Waals surface area contributed by atoms with Crippen LogP contribution in [0.3, 0.4) is 0 Å². The summed E-state index contributed by atoms with van der Waals surface area (Å²) in [5.41, 5.74) is 0.838. The second-order valence-electron chi connectivity index (χ2n) is 4.98. The summed E-state index contributed by atoms with van der Waals surface area (Å²) >= 11 is 0. The fourth-order valence-corrected chi connectivity index (χ4v) is 2.74. The third-order valence-corrected chi connectivity index (χ3v) is 4.37. The van der Waals surface area contributed by atoms with Gasteiger partial charge in [0, 0.05) is 13.1 Å². The third-order valence-electron chi connectivity index (χ3n) is 3.44. The standard InChI is InChI=1S/C13H19N3O3S/c1-10(15-13(17)16-8-2-3-9-16)11-4-6-12(7-5-11)20(14,18)19/h4-7,10H,2-3,8-9H2,1H3,(H,15,17)(H2,14,18,19)/t10-/m1/s1. The van der Waals surface area contributed by atoms with Crippen LogP contribution >= 0.6 is 0 Å². The van der Waals surface area contributed by atoms with Crippen LogP contribution in [0.4, 0.5) is 4.79 Å². The number of urea groups is 1. The summed E-state index contributed by atoms with van der Waals surface area (Å²) < 4.78 is 22.3. The number of nitrogens with two attached hydrogens (primary N) is 1. The van der Waals surface area contributed by atoms with E-state index < -0.39 is 10.0 Å². The topological polar surface area (TPSA) is 92.5 Å². The molecule has 1 aliphatic rings. The van der Waals surface area contributed by atoms with Gasteiger partial charge >= 0.3 is 6.03 Å². The Morgan fingerprint density at radius 2 is 1.80 bits per heavy atom. The summed E-state index contributed by atoms with van der Waals surface area (Å²) in [7, 11) is -3.68. The van der Waals surface area contributed by atoms with Crippen molar-refractivity contribution in [2.75, 3.05) is 13.1 Å².